The third kappa shape index (κ3) is 3.21. The Morgan fingerprint density at radius 1 is 1.41 bits per heavy atom. The van der Waals surface area contributed by atoms with Gasteiger partial charge in [0.15, 0.2) is 0 Å². The molecule has 17 heavy (non-hydrogen) atoms. The van der Waals surface area contributed by atoms with Crippen molar-refractivity contribution in [1.29, 1.82) is 0 Å². The van der Waals surface area contributed by atoms with Gasteiger partial charge in [0.2, 0.25) is 0 Å². The van der Waals surface area contributed by atoms with E-state index in [2.05, 4.69) is 9.53 Å². The lowest BCUT2D eigenvalue weighted by molar-refractivity contribution is -0.139. The molecule has 0 aliphatic rings. The number of Topliss-reactive ketones (excluding diaryl/α,β-unsaturated/α-hetero) is 1. The Morgan fingerprint density at radius 3 is 2.59 bits per heavy atom. The Bertz CT molecular complexity index is 507. The molecule has 1 aromatic carbocycles. The normalized spacial score (nSPS) is 9.29. The molecule has 0 amide bonds. The Balaban J connectivity index is 3.08. The quantitative estimate of drug-likeness (QED) is 0.159. The number of halogens is 1. The smallest absolute Gasteiger partial charge is 0.446 e. The van der Waals surface area contributed by atoms with Gasteiger partial charge in [0.05, 0.1) is 6.61 Å². The molecule has 88 valence electrons. The van der Waals surface area contributed by atoms with Crippen LogP contribution < -0.4 is 0 Å². The van der Waals surface area contributed by atoms with Crippen molar-refractivity contribution in [1.82, 2.24) is 0 Å². The molecule has 0 N–H and O–H groups in total. The molecule has 0 bridgehead atoms. The highest BCUT2D eigenvalue weighted by Crippen LogP contribution is 2.12. The van der Waals surface area contributed by atoms with Gasteiger partial charge >= 0.3 is 11.7 Å². The van der Waals surface area contributed by atoms with Crippen LogP contribution in [-0.4, -0.2) is 28.9 Å². The standard InChI is InChI=1S/C11H9IN2O3/c1-2-17-11(16)9(14-13)10(15)7-5-3-4-6-8(7)12/h3-6H,2H2,1H3. The summed E-state index contributed by atoms with van der Waals surface area (Å²) in [6.07, 6.45) is 0. The molecule has 0 aromatic heterocycles. The molecule has 0 heterocycles. The van der Waals surface area contributed by atoms with Crippen LogP contribution >= 0.6 is 22.6 Å². The van der Waals surface area contributed by atoms with Crippen LogP contribution in [0, 0.1) is 3.57 Å². The number of hydrogen-bond donors (Lipinski definition) is 0. The first-order valence-corrected chi connectivity index (χ1v) is 5.88. The van der Waals surface area contributed by atoms with E-state index < -0.39 is 17.5 Å². The molecule has 0 radical (unpaired) electrons. The molecule has 0 fully saturated rings. The van der Waals surface area contributed by atoms with Crippen molar-refractivity contribution in [2.24, 2.45) is 0 Å². The van der Waals surface area contributed by atoms with E-state index in [9.17, 15) is 9.59 Å². The van der Waals surface area contributed by atoms with Crippen LogP contribution in [0.4, 0.5) is 0 Å². The molecule has 1 aromatic rings. The Labute approximate surface area is 112 Å². The van der Waals surface area contributed by atoms with Crippen LogP contribution in [0.2, 0.25) is 0 Å². The molecule has 1 rings (SSSR count). The highest BCUT2D eigenvalue weighted by Gasteiger charge is 2.32. The van der Waals surface area contributed by atoms with E-state index in [1.165, 1.54) is 0 Å². The topological polar surface area (TPSA) is 79.8 Å². The van der Waals surface area contributed by atoms with Gasteiger partial charge in [-0.3, -0.25) is 4.79 Å². The van der Waals surface area contributed by atoms with Gasteiger partial charge in [-0.15, -0.1) is 0 Å². The van der Waals surface area contributed by atoms with E-state index in [0.29, 0.717) is 9.13 Å². The SMILES string of the molecule is CCOC(=O)C(=[N+]=[N-])C(=O)c1ccccc1I. The molecule has 0 atom stereocenters. The van der Waals surface area contributed by atoms with Gasteiger partial charge in [0, 0.05) is 9.13 Å². The fourth-order valence-corrected chi connectivity index (χ4v) is 1.78. The Morgan fingerprint density at radius 2 is 2.06 bits per heavy atom. The summed E-state index contributed by atoms with van der Waals surface area (Å²) in [5.74, 6) is -1.59. The maximum atomic E-state index is 11.9. The largest absolute Gasteiger partial charge is 0.457 e. The minimum atomic E-state index is -0.931. The van der Waals surface area contributed by atoms with E-state index in [1.807, 2.05) is 22.6 Å². The van der Waals surface area contributed by atoms with Gasteiger partial charge in [-0.2, -0.15) is 4.79 Å². The van der Waals surface area contributed by atoms with Crippen molar-refractivity contribution >= 4 is 40.1 Å². The number of carbonyl (C=O) groups is 2. The second-order valence-corrected chi connectivity index (χ2v) is 4.14. The van der Waals surface area contributed by atoms with E-state index in [1.54, 1.807) is 31.2 Å². The summed E-state index contributed by atoms with van der Waals surface area (Å²) in [4.78, 5) is 26.0. The van der Waals surface area contributed by atoms with Crippen LogP contribution in [0.25, 0.3) is 5.53 Å². The average molecular weight is 344 g/mol. The van der Waals surface area contributed by atoms with E-state index in [4.69, 9.17) is 5.53 Å². The Kier molecular flexibility index (Phi) is 4.99. The minimum Gasteiger partial charge on any atom is -0.457 e. The molecule has 0 spiro atoms. The highest BCUT2D eigenvalue weighted by molar-refractivity contribution is 14.1. The second-order valence-electron chi connectivity index (χ2n) is 2.98. The highest BCUT2D eigenvalue weighted by atomic mass is 127. The number of nitrogens with zero attached hydrogens (tertiary/aromatic N) is 2. The molecular weight excluding hydrogens is 335 g/mol. The van der Waals surface area contributed by atoms with Gasteiger partial charge in [-0.05, 0) is 41.6 Å². The predicted molar refractivity (Wildman–Crippen MR) is 68.7 cm³/mol. The fraction of sp³-hybridized carbons (Fsp3) is 0.182. The van der Waals surface area contributed by atoms with Crippen molar-refractivity contribution in [3.63, 3.8) is 0 Å². The first-order chi connectivity index (χ1) is 8.11. The van der Waals surface area contributed by atoms with Gasteiger partial charge in [-0.1, -0.05) is 12.1 Å². The van der Waals surface area contributed by atoms with E-state index in [0.717, 1.165) is 0 Å². The summed E-state index contributed by atoms with van der Waals surface area (Å²) in [6.45, 7) is 1.71. The zero-order valence-electron chi connectivity index (χ0n) is 9.01. The van der Waals surface area contributed by atoms with Gasteiger partial charge < -0.3 is 10.3 Å². The number of benzene rings is 1. The zero-order valence-corrected chi connectivity index (χ0v) is 11.2. The number of ether oxygens (including phenoxy) is 1. The molecule has 5 nitrogen and oxygen atoms in total. The first kappa shape index (κ1) is 13.5. The van der Waals surface area contributed by atoms with Gasteiger partial charge in [-0.25, -0.2) is 4.79 Å². The molecule has 0 aliphatic carbocycles. The minimum absolute atomic E-state index is 0.108. The summed E-state index contributed by atoms with van der Waals surface area (Å²) < 4.78 is 5.29. The lowest BCUT2D eigenvalue weighted by atomic mass is 10.1. The first-order valence-electron chi connectivity index (χ1n) is 4.80. The van der Waals surface area contributed by atoms with Crippen molar-refractivity contribution in [2.45, 2.75) is 6.92 Å². The molecule has 0 saturated carbocycles. The number of rotatable bonds is 4. The van der Waals surface area contributed by atoms with Crippen molar-refractivity contribution in [3.05, 3.63) is 38.9 Å². The second kappa shape index (κ2) is 6.27. The summed E-state index contributed by atoms with van der Waals surface area (Å²) >= 11 is 1.96. The summed E-state index contributed by atoms with van der Waals surface area (Å²) in [5.41, 5.74) is 8.39. The zero-order chi connectivity index (χ0) is 12.8. The van der Waals surface area contributed by atoms with Crippen LogP contribution in [0.5, 0.6) is 0 Å². The van der Waals surface area contributed by atoms with Crippen LogP contribution in [0.1, 0.15) is 17.3 Å². The third-order valence-electron chi connectivity index (χ3n) is 1.90. The molecular formula is C11H9IN2O3. The van der Waals surface area contributed by atoms with Gasteiger partial charge in [0.1, 0.15) is 0 Å². The predicted octanol–water partition coefficient (Wildman–Crippen LogP) is 1.71. The van der Waals surface area contributed by atoms with Crippen LogP contribution in [0.3, 0.4) is 0 Å². The van der Waals surface area contributed by atoms with Gasteiger partial charge in [0.25, 0.3) is 5.78 Å². The third-order valence-corrected chi connectivity index (χ3v) is 2.84. The van der Waals surface area contributed by atoms with E-state index in [-0.39, 0.29) is 6.61 Å². The summed E-state index contributed by atoms with van der Waals surface area (Å²) in [6, 6.07) is 6.69. The van der Waals surface area contributed by atoms with Crippen molar-refractivity contribution < 1.29 is 19.1 Å². The fourth-order valence-electron chi connectivity index (χ4n) is 1.15. The molecule has 0 unspecified atom stereocenters. The van der Waals surface area contributed by atoms with Crippen LogP contribution in [-0.2, 0) is 9.53 Å². The Hall–Kier alpha value is -1.53. The molecule has 6 heteroatoms. The lowest BCUT2D eigenvalue weighted by Gasteiger charge is -2.00. The number of esters is 1. The number of carbonyl (C=O) groups excluding carboxylic acids is 2. The summed E-state index contributed by atoms with van der Waals surface area (Å²) in [7, 11) is 0. The lowest BCUT2D eigenvalue weighted by Crippen LogP contribution is -2.28. The van der Waals surface area contributed by atoms with Crippen molar-refractivity contribution in [2.75, 3.05) is 6.61 Å². The monoisotopic (exact) mass is 344 g/mol. The van der Waals surface area contributed by atoms with Crippen molar-refractivity contribution in [3.8, 4) is 0 Å². The number of hydrogen-bond acceptors (Lipinski definition) is 3. The van der Waals surface area contributed by atoms with E-state index >= 15 is 0 Å². The molecule has 0 saturated heterocycles. The molecule has 0 aliphatic heterocycles. The maximum absolute atomic E-state index is 11.9. The summed E-state index contributed by atoms with van der Waals surface area (Å²) in [5, 5.41) is 0. The number of ketones is 1. The maximum Gasteiger partial charge on any atom is 0.446 e. The average Bonchev–Trinajstić information content (AvgIpc) is 2.30. The van der Waals surface area contributed by atoms with Crippen LogP contribution in [0.15, 0.2) is 24.3 Å².